The third-order valence-electron chi connectivity index (χ3n) is 2.97. The van der Waals surface area contributed by atoms with Crippen molar-refractivity contribution in [2.75, 3.05) is 5.73 Å². The average Bonchev–Trinajstić information content (AvgIpc) is 2.96. The van der Waals surface area contributed by atoms with Crippen LogP contribution in [0.3, 0.4) is 0 Å². The van der Waals surface area contributed by atoms with Gasteiger partial charge in [-0.2, -0.15) is 0 Å². The number of amides is 1. The van der Waals surface area contributed by atoms with Gasteiger partial charge in [-0.25, -0.2) is 4.98 Å². The quantitative estimate of drug-likeness (QED) is 0.890. The fourth-order valence-electron chi connectivity index (χ4n) is 2.05. The van der Waals surface area contributed by atoms with Gasteiger partial charge >= 0.3 is 0 Å². The molecule has 2 heterocycles. The zero-order chi connectivity index (χ0) is 14.7. The molecule has 0 aliphatic rings. The summed E-state index contributed by atoms with van der Waals surface area (Å²) >= 11 is 1.56. The molecule has 0 saturated carbocycles. The van der Waals surface area contributed by atoms with Gasteiger partial charge in [0.15, 0.2) is 0 Å². The normalized spacial score (nSPS) is 12.3. The second kappa shape index (κ2) is 6.09. The van der Waals surface area contributed by atoms with Gasteiger partial charge in [0.05, 0.1) is 11.7 Å². The van der Waals surface area contributed by atoms with Crippen molar-refractivity contribution in [3.8, 4) is 0 Å². The third-order valence-corrected chi connectivity index (χ3v) is 4.11. The Labute approximate surface area is 122 Å². The molecule has 0 aliphatic carbocycles. The van der Waals surface area contributed by atoms with Gasteiger partial charge in [-0.15, -0.1) is 11.3 Å². The van der Waals surface area contributed by atoms with Crippen LogP contribution in [0.1, 0.15) is 47.5 Å². The smallest absolute Gasteiger partial charge is 0.268 e. The standard InChI is InChI=1S/C14H20N4OS/c1-4-5-18-7-11(15)6-12(18)13(19)17-10(3)14-16-9(2)8-20-14/h6-8,10H,4-5,15H2,1-3H3,(H,17,19). The van der Waals surface area contributed by atoms with Crippen molar-refractivity contribution < 1.29 is 4.79 Å². The highest BCUT2D eigenvalue weighted by atomic mass is 32.1. The Morgan fingerprint density at radius 1 is 1.60 bits per heavy atom. The van der Waals surface area contributed by atoms with E-state index >= 15 is 0 Å². The van der Waals surface area contributed by atoms with Crippen LogP contribution in [0.15, 0.2) is 17.6 Å². The molecule has 20 heavy (non-hydrogen) atoms. The molecule has 2 aromatic rings. The van der Waals surface area contributed by atoms with Crippen LogP contribution in [0, 0.1) is 6.92 Å². The molecule has 2 aromatic heterocycles. The number of rotatable bonds is 5. The Kier molecular flexibility index (Phi) is 4.44. The van der Waals surface area contributed by atoms with E-state index < -0.39 is 0 Å². The zero-order valence-corrected chi connectivity index (χ0v) is 12.8. The minimum atomic E-state index is -0.115. The van der Waals surface area contributed by atoms with Crippen LogP contribution in [0.25, 0.3) is 0 Å². The number of nitrogen functional groups attached to an aromatic ring is 1. The van der Waals surface area contributed by atoms with Gasteiger partial charge in [0.2, 0.25) is 0 Å². The molecule has 0 bridgehead atoms. The van der Waals surface area contributed by atoms with Crippen molar-refractivity contribution in [3.63, 3.8) is 0 Å². The van der Waals surface area contributed by atoms with E-state index in [2.05, 4.69) is 17.2 Å². The third kappa shape index (κ3) is 3.19. The monoisotopic (exact) mass is 292 g/mol. The Morgan fingerprint density at radius 3 is 2.95 bits per heavy atom. The highest BCUT2D eigenvalue weighted by Crippen LogP contribution is 2.19. The average molecular weight is 292 g/mol. The van der Waals surface area contributed by atoms with Crippen molar-refractivity contribution in [2.45, 2.75) is 39.8 Å². The van der Waals surface area contributed by atoms with E-state index in [-0.39, 0.29) is 11.9 Å². The first-order valence-electron chi connectivity index (χ1n) is 6.69. The molecule has 0 fully saturated rings. The minimum Gasteiger partial charge on any atom is -0.397 e. The number of anilines is 1. The summed E-state index contributed by atoms with van der Waals surface area (Å²) in [6, 6.07) is 1.61. The Morgan fingerprint density at radius 2 is 2.35 bits per heavy atom. The Bertz CT molecular complexity index is 602. The summed E-state index contributed by atoms with van der Waals surface area (Å²) in [5.41, 5.74) is 7.97. The number of carbonyl (C=O) groups is 1. The predicted octanol–water partition coefficient (Wildman–Crippen LogP) is 2.74. The first kappa shape index (κ1) is 14.6. The van der Waals surface area contributed by atoms with Crippen molar-refractivity contribution in [3.05, 3.63) is 34.0 Å². The first-order valence-corrected chi connectivity index (χ1v) is 7.57. The number of aryl methyl sites for hydroxylation is 2. The van der Waals surface area contributed by atoms with Crippen LogP contribution in [0.2, 0.25) is 0 Å². The van der Waals surface area contributed by atoms with Crippen LogP contribution in [-0.4, -0.2) is 15.5 Å². The largest absolute Gasteiger partial charge is 0.397 e. The molecular weight excluding hydrogens is 272 g/mol. The lowest BCUT2D eigenvalue weighted by Crippen LogP contribution is -2.28. The molecular formula is C14H20N4OS. The van der Waals surface area contributed by atoms with E-state index in [1.807, 2.05) is 23.8 Å². The molecule has 0 radical (unpaired) electrons. The van der Waals surface area contributed by atoms with E-state index in [1.165, 1.54) is 0 Å². The Hall–Kier alpha value is -1.82. The summed E-state index contributed by atoms with van der Waals surface area (Å²) in [7, 11) is 0. The minimum absolute atomic E-state index is 0.104. The molecule has 6 heteroatoms. The van der Waals surface area contributed by atoms with Crippen molar-refractivity contribution in [1.82, 2.24) is 14.9 Å². The summed E-state index contributed by atoms with van der Waals surface area (Å²) in [5.74, 6) is -0.115. The van der Waals surface area contributed by atoms with Gasteiger partial charge in [0.25, 0.3) is 5.91 Å². The lowest BCUT2D eigenvalue weighted by atomic mass is 10.3. The highest BCUT2D eigenvalue weighted by Gasteiger charge is 2.17. The maximum atomic E-state index is 12.3. The van der Waals surface area contributed by atoms with E-state index in [9.17, 15) is 4.79 Å². The molecule has 1 atom stereocenters. The van der Waals surface area contributed by atoms with E-state index in [0.717, 1.165) is 23.7 Å². The number of nitrogens with one attached hydrogen (secondary N) is 1. The number of carbonyl (C=O) groups excluding carboxylic acids is 1. The molecule has 0 aliphatic heterocycles. The number of thiazole rings is 1. The second-order valence-electron chi connectivity index (χ2n) is 4.87. The summed E-state index contributed by atoms with van der Waals surface area (Å²) in [6.45, 7) is 6.73. The fraction of sp³-hybridized carbons (Fsp3) is 0.429. The molecule has 0 aromatic carbocycles. The van der Waals surface area contributed by atoms with E-state index in [1.54, 1.807) is 23.6 Å². The topological polar surface area (TPSA) is 72.9 Å². The number of nitrogens with zero attached hydrogens (tertiary/aromatic N) is 2. The van der Waals surface area contributed by atoms with Crippen LogP contribution in [-0.2, 0) is 6.54 Å². The highest BCUT2D eigenvalue weighted by molar-refractivity contribution is 7.09. The van der Waals surface area contributed by atoms with Crippen LogP contribution in [0.4, 0.5) is 5.69 Å². The lowest BCUT2D eigenvalue weighted by Gasteiger charge is -2.12. The van der Waals surface area contributed by atoms with Crippen LogP contribution < -0.4 is 11.1 Å². The zero-order valence-electron chi connectivity index (χ0n) is 12.0. The summed E-state index contributed by atoms with van der Waals surface area (Å²) in [5, 5.41) is 5.87. The van der Waals surface area contributed by atoms with Crippen molar-refractivity contribution in [2.24, 2.45) is 0 Å². The lowest BCUT2D eigenvalue weighted by molar-refractivity contribution is 0.0930. The molecule has 2 rings (SSSR count). The van der Waals surface area contributed by atoms with Crippen LogP contribution >= 0.6 is 11.3 Å². The van der Waals surface area contributed by atoms with Gasteiger partial charge in [0, 0.05) is 23.8 Å². The maximum absolute atomic E-state index is 12.3. The van der Waals surface area contributed by atoms with E-state index in [0.29, 0.717) is 11.4 Å². The number of nitrogens with two attached hydrogens (primary N) is 1. The SMILES string of the molecule is CCCn1cc(N)cc1C(=O)NC(C)c1nc(C)cs1. The van der Waals surface area contributed by atoms with Crippen molar-refractivity contribution >= 4 is 22.9 Å². The van der Waals surface area contributed by atoms with Crippen LogP contribution in [0.5, 0.6) is 0 Å². The van der Waals surface area contributed by atoms with Gasteiger partial charge in [0.1, 0.15) is 10.7 Å². The molecule has 5 nitrogen and oxygen atoms in total. The summed E-state index contributed by atoms with van der Waals surface area (Å²) in [6.07, 6.45) is 2.76. The summed E-state index contributed by atoms with van der Waals surface area (Å²) < 4.78 is 1.89. The molecule has 3 N–H and O–H groups in total. The van der Waals surface area contributed by atoms with Gasteiger partial charge in [-0.1, -0.05) is 6.92 Å². The van der Waals surface area contributed by atoms with Crippen molar-refractivity contribution in [1.29, 1.82) is 0 Å². The fourth-order valence-corrected chi connectivity index (χ4v) is 2.86. The molecule has 108 valence electrons. The molecule has 1 amide bonds. The maximum Gasteiger partial charge on any atom is 0.268 e. The number of hydrogen-bond acceptors (Lipinski definition) is 4. The Balaban J connectivity index is 2.11. The molecule has 1 unspecified atom stereocenters. The molecule has 0 spiro atoms. The van der Waals surface area contributed by atoms with Gasteiger partial charge < -0.3 is 15.6 Å². The predicted molar refractivity (Wildman–Crippen MR) is 81.9 cm³/mol. The first-order chi connectivity index (χ1) is 9.51. The molecule has 0 saturated heterocycles. The van der Waals surface area contributed by atoms with Gasteiger partial charge in [-0.05, 0) is 26.3 Å². The summed E-state index contributed by atoms with van der Waals surface area (Å²) in [4.78, 5) is 16.7. The number of aromatic nitrogens is 2. The number of hydrogen-bond donors (Lipinski definition) is 2. The van der Waals surface area contributed by atoms with Gasteiger partial charge in [-0.3, -0.25) is 4.79 Å². The van der Waals surface area contributed by atoms with E-state index in [4.69, 9.17) is 5.73 Å². The second-order valence-corrected chi connectivity index (χ2v) is 5.76.